The van der Waals surface area contributed by atoms with Gasteiger partial charge in [-0.2, -0.15) is 0 Å². The van der Waals surface area contributed by atoms with Gasteiger partial charge in [-0.25, -0.2) is 4.39 Å². The van der Waals surface area contributed by atoms with Crippen LogP contribution in [0.3, 0.4) is 0 Å². The fourth-order valence-electron chi connectivity index (χ4n) is 2.03. The summed E-state index contributed by atoms with van der Waals surface area (Å²) in [5.41, 5.74) is 7.00. The van der Waals surface area contributed by atoms with Crippen molar-refractivity contribution in [2.75, 3.05) is 13.1 Å². The van der Waals surface area contributed by atoms with E-state index in [0.717, 1.165) is 25.1 Å². The van der Waals surface area contributed by atoms with Crippen LogP contribution < -0.4 is 11.1 Å². The van der Waals surface area contributed by atoms with Gasteiger partial charge in [0.05, 0.1) is 0 Å². The average molecular weight is 194 g/mol. The highest BCUT2D eigenvalue weighted by Gasteiger charge is 2.22. The van der Waals surface area contributed by atoms with Crippen molar-refractivity contribution < 1.29 is 4.39 Å². The first-order chi connectivity index (χ1) is 6.77. The molecule has 1 aliphatic heterocycles. The van der Waals surface area contributed by atoms with Gasteiger partial charge in [0.25, 0.3) is 0 Å². The van der Waals surface area contributed by atoms with Gasteiger partial charge in [-0.15, -0.1) is 0 Å². The van der Waals surface area contributed by atoms with E-state index < -0.39 is 0 Å². The van der Waals surface area contributed by atoms with E-state index in [1.165, 1.54) is 6.07 Å². The van der Waals surface area contributed by atoms with Gasteiger partial charge >= 0.3 is 0 Å². The van der Waals surface area contributed by atoms with Crippen molar-refractivity contribution in [3.05, 3.63) is 35.6 Å². The molecule has 76 valence electrons. The van der Waals surface area contributed by atoms with Crippen molar-refractivity contribution in [1.29, 1.82) is 0 Å². The Balaban J connectivity index is 2.20. The molecule has 0 radical (unpaired) electrons. The van der Waals surface area contributed by atoms with Crippen LogP contribution in [-0.2, 0) is 0 Å². The van der Waals surface area contributed by atoms with Crippen LogP contribution >= 0.6 is 0 Å². The number of hydrogen-bond acceptors (Lipinski definition) is 2. The third-order valence-corrected chi connectivity index (χ3v) is 2.81. The highest BCUT2D eigenvalue weighted by molar-refractivity contribution is 5.23. The molecule has 0 amide bonds. The maximum atomic E-state index is 13.0. The van der Waals surface area contributed by atoms with E-state index in [4.69, 9.17) is 5.73 Å². The molecule has 0 bridgehead atoms. The van der Waals surface area contributed by atoms with E-state index in [1.807, 2.05) is 6.07 Å². The topological polar surface area (TPSA) is 38.0 Å². The number of nitrogens with two attached hydrogens (primary N) is 1. The molecule has 3 N–H and O–H groups in total. The van der Waals surface area contributed by atoms with Crippen LogP contribution in [0.15, 0.2) is 24.3 Å². The lowest BCUT2D eigenvalue weighted by molar-refractivity contribution is 0.402. The fourth-order valence-corrected chi connectivity index (χ4v) is 2.03. The van der Waals surface area contributed by atoms with Crippen molar-refractivity contribution >= 4 is 0 Å². The van der Waals surface area contributed by atoms with E-state index in [-0.39, 0.29) is 11.9 Å². The summed E-state index contributed by atoms with van der Waals surface area (Å²) >= 11 is 0. The van der Waals surface area contributed by atoms with Gasteiger partial charge in [0, 0.05) is 18.5 Å². The first-order valence-corrected chi connectivity index (χ1v) is 4.99. The van der Waals surface area contributed by atoms with E-state index in [2.05, 4.69) is 5.32 Å². The Morgan fingerprint density at radius 2 is 2.29 bits per heavy atom. The summed E-state index contributed by atoms with van der Waals surface area (Å²) in [5.74, 6) is 0.125. The van der Waals surface area contributed by atoms with Crippen LogP contribution in [0.2, 0.25) is 0 Å². The van der Waals surface area contributed by atoms with Crippen molar-refractivity contribution in [2.45, 2.75) is 18.4 Å². The number of hydrogen-bond donors (Lipinski definition) is 2. The Morgan fingerprint density at radius 3 is 3.00 bits per heavy atom. The van der Waals surface area contributed by atoms with Crippen LogP contribution in [0.4, 0.5) is 4.39 Å². The average Bonchev–Trinajstić information content (AvgIpc) is 2.18. The van der Waals surface area contributed by atoms with Gasteiger partial charge < -0.3 is 11.1 Å². The highest BCUT2D eigenvalue weighted by atomic mass is 19.1. The highest BCUT2D eigenvalue weighted by Crippen LogP contribution is 2.24. The number of piperidine rings is 1. The molecule has 2 atom stereocenters. The van der Waals surface area contributed by atoms with E-state index in [9.17, 15) is 4.39 Å². The monoisotopic (exact) mass is 194 g/mol. The lowest BCUT2D eigenvalue weighted by atomic mass is 9.87. The second kappa shape index (κ2) is 4.07. The van der Waals surface area contributed by atoms with Gasteiger partial charge in [-0.1, -0.05) is 12.1 Å². The van der Waals surface area contributed by atoms with Crippen molar-refractivity contribution in [3.8, 4) is 0 Å². The summed E-state index contributed by atoms with van der Waals surface area (Å²) < 4.78 is 13.0. The molecular formula is C11H15FN2. The summed E-state index contributed by atoms with van der Waals surface area (Å²) in [7, 11) is 0. The summed E-state index contributed by atoms with van der Waals surface area (Å²) in [4.78, 5) is 0. The molecule has 0 spiro atoms. The zero-order chi connectivity index (χ0) is 9.97. The molecule has 3 heteroatoms. The van der Waals surface area contributed by atoms with Crippen molar-refractivity contribution in [3.63, 3.8) is 0 Å². The molecule has 0 unspecified atom stereocenters. The van der Waals surface area contributed by atoms with Crippen LogP contribution in [-0.4, -0.2) is 19.1 Å². The lowest BCUT2D eigenvalue weighted by Gasteiger charge is -2.29. The minimum absolute atomic E-state index is 0.102. The summed E-state index contributed by atoms with van der Waals surface area (Å²) in [6, 6.07) is 6.87. The van der Waals surface area contributed by atoms with Crippen molar-refractivity contribution in [2.24, 2.45) is 5.73 Å². The van der Waals surface area contributed by atoms with Gasteiger partial charge in [-0.05, 0) is 30.7 Å². The molecule has 14 heavy (non-hydrogen) atoms. The normalized spacial score (nSPS) is 27.6. The number of halogens is 1. The number of benzene rings is 1. The van der Waals surface area contributed by atoms with E-state index in [1.54, 1.807) is 12.1 Å². The SMILES string of the molecule is N[C@@H]1CNCC[C@H]1c1cccc(F)c1. The summed E-state index contributed by atoms with van der Waals surface area (Å²) in [6.45, 7) is 1.79. The molecule has 0 aromatic heterocycles. The molecule has 1 heterocycles. The molecule has 2 nitrogen and oxygen atoms in total. The molecule has 1 aromatic carbocycles. The zero-order valence-corrected chi connectivity index (χ0v) is 8.04. The first kappa shape index (κ1) is 9.62. The molecule has 1 saturated heterocycles. The Kier molecular flexibility index (Phi) is 2.79. The molecular weight excluding hydrogens is 179 g/mol. The van der Waals surface area contributed by atoms with Gasteiger partial charge in [-0.3, -0.25) is 0 Å². The molecule has 0 saturated carbocycles. The molecule has 1 fully saturated rings. The summed E-state index contributed by atoms with van der Waals surface area (Å²) in [5, 5.41) is 3.23. The number of rotatable bonds is 1. The van der Waals surface area contributed by atoms with Gasteiger partial charge in [0.15, 0.2) is 0 Å². The largest absolute Gasteiger partial charge is 0.326 e. The molecule has 1 aliphatic rings. The third kappa shape index (κ3) is 1.94. The minimum Gasteiger partial charge on any atom is -0.326 e. The Hall–Kier alpha value is -0.930. The fraction of sp³-hybridized carbons (Fsp3) is 0.455. The van der Waals surface area contributed by atoms with Gasteiger partial charge in [0.1, 0.15) is 5.82 Å². The van der Waals surface area contributed by atoms with E-state index >= 15 is 0 Å². The predicted octanol–water partition coefficient (Wildman–Crippen LogP) is 1.23. The molecule has 1 aromatic rings. The van der Waals surface area contributed by atoms with Crippen molar-refractivity contribution in [1.82, 2.24) is 5.32 Å². The Bertz CT molecular complexity index is 314. The van der Waals surface area contributed by atoms with Crippen LogP contribution in [0.25, 0.3) is 0 Å². The van der Waals surface area contributed by atoms with Crippen LogP contribution in [0.1, 0.15) is 17.9 Å². The quantitative estimate of drug-likeness (QED) is 0.705. The smallest absolute Gasteiger partial charge is 0.123 e. The maximum Gasteiger partial charge on any atom is 0.123 e. The first-order valence-electron chi connectivity index (χ1n) is 4.99. The minimum atomic E-state index is -0.173. The number of nitrogens with one attached hydrogen (secondary N) is 1. The van der Waals surface area contributed by atoms with Crippen LogP contribution in [0.5, 0.6) is 0 Å². The third-order valence-electron chi connectivity index (χ3n) is 2.81. The molecule has 0 aliphatic carbocycles. The van der Waals surface area contributed by atoms with Crippen LogP contribution in [0, 0.1) is 5.82 Å². The van der Waals surface area contributed by atoms with Gasteiger partial charge in [0.2, 0.25) is 0 Å². The lowest BCUT2D eigenvalue weighted by Crippen LogP contribution is -2.44. The van der Waals surface area contributed by atoms with E-state index in [0.29, 0.717) is 5.92 Å². The predicted molar refractivity (Wildman–Crippen MR) is 54.6 cm³/mol. The Morgan fingerprint density at radius 1 is 1.43 bits per heavy atom. The second-order valence-electron chi connectivity index (χ2n) is 3.82. The Labute approximate surface area is 83.3 Å². The standard InChI is InChI=1S/C11H15FN2/c12-9-3-1-2-8(6-9)10-4-5-14-7-11(10)13/h1-3,6,10-11,14H,4-5,7,13H2/t10-,11+/m0/s1. The zero-order valence-electron chi connectivity index (χ0n) is 8.04. The second-order valence-corrected chi connectivity index (χ2v) is 3.82. The molecule has 2 rings (SSSR count). The summed E-state index contributed by atoms with van der Waals surface area (Å²) in [6.07, 6.45) is 0.991. The maximum absolute atomic E-state index is 13.0.